The second-order valence-electron chi connectivity index (χ2n) is 28.3. The molecular weight excluding hydrogens is 1220 g/mol. The van der Waals surface area contributed by atoms with Crippen LogP contribution in [0.5, 0.6) is 0 Å². The number of carbonyl (C=O) groups is 4. The zero-order valence-corrected chi connectivity index (χ0v) is 61.3. The Balaban J connectivity index is 0.000000960. The van der Waals surface area contributed by atoms with E-state index in [1.165, 1.54) is 6.07 Å². The molecule has 2 rings (SSSR count). The average Bonchev–Trinajstić information content (AvgIpc) is 0.798. The van der Waals surface area contributed by atoms with Gasteiger partial charge >= 0.3 is 0 Å². The van der Waals surface area contributed by atoms with Crippen molar-refractivity contribution in [3.63, 3.8) is 0 Å². The fourth-order valence-electron chi connectivity index (χ4n) is 9.04. The molecule has 0 unspecified atom stereocenters. The van der Waals surface area contributed by atoms with Gasteiger partial charge < -0.3 is 84.7 Å². The van der Waals surface area contributed by atoms with Crippen molar-refractivity contribution in [2.24, 2.45) is 16.2 Å². The molecule has 0 atom stereocenters. The van der Waals surface area contributed by atoms with Gasteiger partial charge in [0.2, 0.25) is 0 Å². The Hall–Kier alpha value is -4.50. The van der Waals surface area contributed by atoms with Crippen LogP contribution in [-0.4, -0.2) is 205 Å². The molecular formula is C72H131N7O16. The molecule has 0 aliphatic rings. The number of hydrogen-bond donors (Lipinski definition) is 5. The smallest absolute Gasteiger partial charge is 0.272 e. The second-order valence-corrected chi connectivity index (χ2v) is 28.3. The quantitative estimate of drug-likeness (QED) is 0.0303. The molecule has 8 N–H and O–H groups in total. The number of carbonyl (C=O) groups excluding carboxylic acids is 4. The summed E-state index contributed by atoms with van der Waals surface area (Å²) in [6.07, 6.45) is 12.2. The molecule has 550 valence electrons. The lowest BCUT2D eigenvalue weighted by molar-refractivity contribution is 0.0124. The largest absolute Gasteiger partial charge is 0.397 e. The summed E-state index contributed by atoms with van der Waals surface area (Å²) in [4.78, 5) is 60.1. The van der Waals surface area contributed by atoms with Crippen molar-refractivity contribution < 1.29 is 76.0 Å². The molecule has 2 heterocycles. The van der Waals surface area contributed by atoms with Crippen molar-refractivity contribution in [3.05, 3.63) is 40.3 Å². The fraction of sp³-hybridized carbons (Fsp3) is 0.806. The Bertz CT molecular complexity index is 2320. The maximum atomic E-state index is 13.2. The SMILES string of the molecule is CC(C)(C)CCCOCCOCCOCCCCC(=O)c1cc(N)c(C(=O)NCCCOCCOCCOCCCC(C)(C)C)nc1C(C)(C)C.CCCOCCOCCOCCCCC(=O)c1cc(N)c(C(=O)NCCCOCCOCCOCCCC(C)(C)C)nc1N. The number of nitrogens with two attached hydrogens (primary N) is 3. The zero-order chi connectivity index (χ0) is 70.6. The van der Waals surface area contributed by atoms with Gasteiger partial charge in [0.15, 0.2) is 23.0 Å². The van der Waals surface area contributed by atoms with E-state index in [4.69, 9.17) is 74.0 Å². The van der Waals surface area contributed by atoms with Crippen molar-refractivity contribution in [2.45, 2.75) is 192 Å². The summed E-state index contributed by atoms with van der Waals surface area (Å²) in [5.41, 5.74) is 20.5. The Morgan fingerprint density at radius 2 is 0.632 bits per heavy atom. The van der Waals surface area contributed by atoms with Gasteiger partial charge in [-0.3, -0.25) is 19.2 Å². The van der Waals surface area contributed by atoms with Crippen LogP contribution in [0.3, 0.4) is 0 Å². The molecule has 0 spiro atoms. The Morgan fingerprint density at radius 1 is 0.358 bits per heavy atom. The minimum Gasteiger partial charge on any atom is -0.397 e. The van der Waals surface area contributed by atoms with Crippen molar-refractivity contribution in [1.82, 2.24) is 20.6 Å². The number of aromatic nitrogens is 2. The summed E-state index contributed by atoms with van der Waals surface area (Å²) in [6, 6.07) is 3.03. The van der Waals surface area contributed by atoms with E-state index in [1.807, 2.05) is 20.8 Å². The van der Waals surface area contributed by atoms with Gasteiger partial charge in [0.1, 0.15) is 5.82 Å². The number of hydrogen-bond acceptors (Lipinski definition) is 21. The van der Waals surface area contributed by atoms with E-state index >= 15 is 0 Å². The highest BCUT2D eigenvalue weighted by Crippen LogP contribution is 2.29. The van der Waals surface area contributed by atoms with Gasteiger partial charge in [-0.05, 0) is 112 Å². The van der Waals surface area contributed by atoms with Crippen LogP contribution in [0, 0.1) is 16.2 Å². The number of amides is 2. The van der Waals surface area contributed by atoms with E-state index in [1.54, 1.807) is 6.07 Å². The number of pyridine rings is 2. The summed E-state index contributed by atoms with van der Waals surface area (Å²) in [6.45, 7) is 42.4. The normalized spacial score (nSPS) is 12.1. The van der Waals surface area contributed by atoms with Crippen molar-refractivity contribution in [3.8, 4) is 0 Å². The van der Waals surface area contributed by atoms with Crippen LogP contribution in [0.2, 0.25) is 0 Å². The summed E-state index contributed by atoms with van der Waals surface area (Å²) >= 11 is 0. The lowest BCUT2D eigenvalue weighted by Gasteiger charge is -2.23. The molecule has 0 aliphatic carbocycles. The van der Waals surface area contributed by atoms with Crippen LogP contribution in [0.25, 0.3) is 0 Å². The standard InChI is InChI=1S/C40H73N3O8.C32H58N4O8/c1-38(2,3)16-12-20-47-24-28-50-27-23-46-19-11-10-15-34(44)32-31-33(41)35(43-36(32)40(7,8)9)37(45)42-18-14-22-49-26-30-51-29-25-48-21-13-17-39(4,5)6;1-5-13-39-17-21-43-22-18-40-14-7-6-10-28(37)26-25-27(33)29(36-30(26)34)31(38)35-12-9-16-42-20-24-44-23-19-41-15-8-11-32(2,3)4/h31H,10-30,41H2,1-9H3,(H,42,45);25H,5-24,33H2,1-4H3,(H2,34,36)(H,35,38). The number of Topliss-reactive ketones (excluding diaryl/α,β-unsaturated/α-hetero) is 2. The van der Waals surface area contributed by atoms with Crippen molar-refractivity contribution in [1.29, 1.82) is 0 Å². The Kier molecular flexibility index (Phi) is 49.8. The zero-order valence-electron chi connectivity index (χ0n) is 61.3. The molecule has 23 nitrogen and oxygen atoms in total. The molecule has 0 aliphatic heterocycles. The molecule has 0 saturated heterocycles. The first-order valence-corrected chi connectivity index (χ1v) is 35.1. The molecule has 95 heavy (non-hydrogen) atoms. The van der Waals surface area contributed by atoms with E-state index in [-0.39, 0.29) is 58.0 Å². The maximum absolute atomic E-state index is 13.2. The number of ketones is 2. The van der Waals surface area contributed by atoms with E-state index in [0.717, 1.165) is 84.2 Å². The first-order valence-electron chi connectivity index (χ1n) is 35.1. The highest BCUT2D eigenvalue weighted by atomic mass is 16.6. The first kappa shape index (κ1) is 88.5. The molecule has 23 heteroatoms. The summed E-state index contributed by atoms with van der Waals surface area (Å²) in [5.74, 6) is -1.04. The Labute approximate surface area is 572 Å². The summed E-state index contributed by atoms with van der Waals surface area (Å²) < 4.78 is 66.5. The van der Waals surface area contributed by atoms with Gasteiger partial charge in [0.05, 0.1) is 128 Å². The molecule has 0 radical (unpaired) electrons. The minimum absolute atomic E-state index is 0.00142. The van der Waals surface area contributed by atoms with Gasteiger partial charge in [-0.1, -0.05) is 90.0 Å². The van der Waals surface area contributed by atoms with Gasteiger partial charge in [0, 0.05) is 89.8 Å². The highest BCUT2D eigenvalue weighted by molar-refractivity contribution is 6.04. The van der Waals surface area contributed by atoms with Crippen molar-refractivity contribution >= 4 is 40.6 Å². The average molecular weight is 1350 g/mol. The van der Waals surface area contributed by atoms with Crippen LogP contribution >= 0.6 is 0 Å². The number of nitrogen functional groups attached to an aromatic ring is 3. The fourth-order valence-corrected chi connectivity index (χ4v) is 9.04. The monoisotopic (exact) mass is 1350 g/mol. The first-order chi connectivity index (χ1) is 45.2. The third-order valence-corrected chi connectivity index (χ3v) is 14.2. The molecule has 2 aromatic rings. The summed E-state index contributed by atoms with van der Waals surface area (Å²) in [7, 11) is 0. The van der Waals surface area contributed by atoms with E-state index in [0.29, 0.717) is 205 Å². The number of nitrogens with one attached hydrogen (secondary N) is 2. The molecule has 0 aromatic carbocycles. The van der Waals surface area contributed by atoms with Gasteiger partial charge in [-0.25, -0.2) is 9.97 Å². The number of anilines is 3. The topological polar surface area (TPSA) is 307 Å². The van der Waals surface area contributed by atoms with Crippen LogP contribution in [0.15, 0.2) is 12.1 Å². The predicted octanol–water partition coefficient (Wildman–Crippen LogP) is 11.2. The third-order valence-electron chi connectivity index (χ3n) is 14.2. The lowest BCUT2D eigenvalue weighted by atomic mass is 9.85. The molecule has 2 amide bonds. The minimum atomic E-state index is -0.456. The molecule has 0 fully saturated rings. The molecule has 2 aromatic heterocycles. The number of ether oxygens (including phenoxy) is 12. The summed E-state index contributed by atoms with van der Waals surface area (Å²) in [5, 5.41) is 5.63. The van der Waals surface area contributed by atoms with Crippen LogP contribution < -0.4 is 27.8 Å². The lowest BCUT2D eigenvalue weighted by Crippen LogP contribution is -2.29. The van der Waals surface area contributed by atoms with Crippen LogP contribution in [0.4, 0.5) is 17.2 Å². The Morgan fingerprint density at radius 3 is 0.947 bits per heavy atom. The molecule has 0 bridgehead atoms. The maximum Gasteiger partial charge on any atom is 0.272 e. The second kappa shape index (κ2) is 53.5. The van der Waals surface area contributed by atoms with E-state index in [2.05, 4.69) is 89.8 Å². The van der Waals surface area contributed by atoms with Gasteiger partial charge in [0.25, 0.3) is 11.8 Å². The highest BCUT2D eigenvalue weighted by Gasteiger charge is 2.27. The van der Waals surface area contributed by atoms with Crippen molar-refractivity contribution in [2.75, 3.05) is 189 Å². The third kappa shape index (κ3) is 49.6. The molecule has 0 saturated carbocycles. The van der Waals surface area contributed by atoms with Crippen LogP contribution in [0.1, 0.15) is 234 Å². The number of unbranched alkanes of at least 4 members (excludes halogenated alkanes) is 2. The number of nitrogens with zero attached hydrogens (tertiary/aromatic N) is 2. The van der Waals surface area contributed by atoms with E-state index < -0.39 is 11.3 Å². The van der Waals surface area contributed by atoms with E-state index in [9.17, 15) is 19.2 Å². The van der Waals surface area contributed by atoms with Gasteiger partial charge in [-0.2, -0.15) is 0 Å². The van der Waals surface area contributed by atoms with Crippen LogP contribution in [-0.2, 0) is 62.3 Å². The van der Waals surface area contributed by atoms with Gasteiger partial charge in [-0.15, -0.1) is 0 Å². The number of rotatable bonds is 57. The predicted molar refractivity (Wildman–Crippen MR) is 377 cm³/mol.